The van der Waals surface area contributed by atoms with Crippen LogP contribution >= 0.6 is 15.9 Å². The zero-order chi connectivity index (χ0) is 10.3. The van der Waals surface area contributed by atoms with Crippen LogP contribution in [-0.2, 0) is 10.8 Å². The first kappa shape index (κ1) is 10.1. The number of hydrogen-bond acceptors (Lipinski definition) is 2. The molecule has 1 aliphatic rings. The van der Waals surface area contributed by atoms with Gasteiger partial charge in [-0.05, 0) is 22.0 Å². The van der Waals surface area contributed by atoms with Crippen LogP contribution in [-0.4, -0.2) is 15.2 Å². The molecule has 14 heavy (non-hydrogen) atoms. The second-order valence-corrected chi connectivity index (χ2v) is 6.01. The molecule has 74 valence electrons. The Bertz CT molecular complexity index is 428. The third-order valence-electron chi connectivity index (χ3n) is 2.31. The zero-order valence-electron chi connectivity index (χ0n) is 7.62. The molecule has 0 amide bonds. The molecule has 2 atom stereocenters. The van der Waals surface area contributed by atoms with Crippen molar-refractivity contribution >= 4 is 32.5 Å². The number of benzene rings is 1. The summed E-state index contributed by atoms with van der Waals surface area (Å²) in [6.07, 6.45) is 0.385. The number of ketones is 1. The van der Waals surface area contributed by atoms with Crippen molar-refractivity contribution in [2.45, 2.75) is 23.5 Å². The first-order valence-electron chi connectivity index (χ1n) is 4.33. The number of Topliss-reactive ketones (excluding diaryl/α,β-unsaturated/α-hetero) is 1. The summed E-state index contributed by atoms with van der Waals surface area (Å²) < 4.78 is 12.7. The van der Waals surface area contributed by atoms with Crippen LogP contribution < -0.4 is 0 Å². The summed E-state index contributed by atoms with van der Waals surface area (Å²) >= 11 is 3.33. The molecule has 4 heteroatoms. The van der Waals surface area contributed by atoms with Crippen LogP contribution in [0.4, 0.5) is 0 Å². The van der Waals surface area contributed by atoms with Crippen molar-refractivity contribution in [3.8, 4) is 0 Å². The van der Waals surface area contributed by atoms with Crippen LogP contribution in [0, 0.1) is 0 Å². The van der Waals surface area contributed by atoms with Crippen LogP contribution in [0.5, 0.6) is 0 Å². The summed E-state index contributed by atoms with van der Waals surface area (Å²) in [6.45, 7) is 1.84. The van der Waals surface area contributed by atoms with Crippen molar-refractivity contribution in [3.05, 3.63) is 28.2 Å². The van der Waals surface area contributed by atoms with E-state index in [0.717, 1.165) is 4.47 Å². The molecule has 1 aromatic rings. The highest BCUT2D eigenvalue weighted by Crippen LogP contribution is 2.32. The van der Waals surface area contributed by atoms with Gasteiger partial charge >= 0.3 is 0 Å². The Kier molecular flexibility index (Phi) is 2.58. The maximum absolute atomic E-state index is 11.9. The summed E-state index contributed by atoms with van der Waals surface area (Å²) in [4.78, 5) is 12.3. The van der Waals surface area contributed by atoms with Gasteiger partial charge in [-0.3, -0.25) is 9.00 Å². The first-order valence-corrected chi connectivity index (χ1v) is 6.34. The van der Waals surface area contributed by atoms with Crippen molar-refractivity contribution in [1.29, 1.82) is 0 Å². The van der Waals surface area contributed by atoms with Gasteiger partial charge in [-0.1, -0.05) is 19.1 Å². The highest BCUT2D eigenvalue weighted by molar-refractivity contribution is 9.10. The lowest BCUT2D eigenvalue weighted by atomic mass is 10.1. The Morgan fingerprint density at radius 3 is 2.93 bits per heavy atom. The van der Waals surface area contributed by atoms with E-state index in [1.807, 2.05) is 13.0 Å². The monoisotopic (exact) mass is 272 g/mol. The molecule has 0 aromatic heterocycles. The summed E-state index contributed by atoms with van der Waals surface area (Å²) in [5.74, 6) is 0.0911. The van der Waals surface area contributed by atoms with Gasteiger partial charge in [-0.2, -0.15) is 0 Å². The Hall–Kier alpha value is -0.480. The third-order valence-corrected chi connectivity index (χ3v) is 4.97. The normalized spacial score (nSPS) is 26.0. The molecule has 1 aromatic carbocycles. The minimum atomic E-state index is -1.06. The lowest BCUT2D eigenvalue weighted by Crippen LogP contribution is -2.24. The van der Waals surface area contributed by atoms with Crippen LogP contribution in [0.3, 0.4) is 0 Å². The van der Waals surface area contributed by atoms with E-state index in [4.69, 9.17) is 0 Å². The molecule has 0 N–H and O–H groups in total. The van der Waals surface area contributed by atoms with E-state index in [-0.39, 0.29) is 11.0 Å². The molecule has 2 nitrogen and oxygen atoms in total. The lowest BCUT2D eigenvalue weighted by molar-refractivity contribution is 0.0977. The van der Waals surface area contributed by atoms with Gasteiger partial charge in [-0.15, -0.1) is 0 Å². The van der Waals surface area contributed by atoms with Crippen LogP contribution in [0.25, 0.3) is 0 Å². The van der Waals surface area contributed by atoms with Gasteiger partial charge in [0.15, 0.2) is 5.78 Å². The van der Waals surface area contributed by atoms with Gasteiger partial charge in [0.1, 0.15) is 0 Å². The Balaban J connectivity index is 2.68. The topological polar surface area (TPSA) is 34.1 Å². The van der Waals surface area contributed by atoms with Crippen LogP contribution in [0.1, 0.15) is 23.7 Å². The fraction of sp³-hybridized carbons (Fsp3) is 0.300. The molecule has 1 aliphatic heterocycles. The molecule has 0 saturated carbocycles. The van der Waals surface area contributed by atoms with E-state index in [2.05, 4.69) is 15.9 Å². The molecule has 1 heterocycles. The van der Waals surface area contributed by atoms with Gasteiger partial charge in [-0.25, -0.2) is 0 Å². The predicted octanol–water partition coefficient (Wildman–Crippen LogP) is 2.53. The molecule has 0 fully saturated rings. The molecule has 2 rings (SSSR count). The number of fused-ring (bicyclic) bond motifs is 1. The van der Waals surface area contributed by atoms with Gasteiger partial charge < -0.3 is 0 Å². The lowest BCUT2D eigenvalue weighted by Gasteiger charge is -2.20. The Labute approximate surface area is 93.3 Å². The highest BCUT2D eigenvalue weighted by atomic mass is 79.9. The number of rotatable bonds is 0. The average Bonchev–Trinajstić information content (AvgIpc) is 2.14. The van der Waals surface area contributed by atoms with E-state index in [0.29, 0.717) is 16.9 Å². The molecule has 2 unspecified atom stereocenters. The third kappa shape index (κ3) is 1.46. The van der Waals surface area contributed by atoms with Crippen LogP contribution in [0.15, 0.2) is 27.6 Å². The quantitative estimate of drug-likeness (QED) is 0.728. The molecule has 0 spiro atoms. The summed E-state index contributed by atoms with van der Waals surface area (Å²) in [5, 5.41) is -0.0753. The predicted molar refractivity (Wildman–Crippen MR) is 59.0 cm³/mol. The minimum absolute atomic E-state index is 0.0753. The Morgan fingerprint density at radius 1 is 1.50 bits per heavy atom. The largest absolute Gasteiger partial charge is 0.294 e. The summed E-state index contributed by atoms with van der Waals surface area (Å²) in [6, 6.07) is 5.36. The number of hydrogen-bond donors (Lipinski definition) is 0. The summed E-state index contributed by atoms with van der Waals surface area (Å²) in [7, 11) is -1.06. The number of halogens is 1. The first-order chi connectivity index (χ1) is 6.61. The zero-order valence-corrected chi connectivity index (χ0v) is 10.0. The van der Waals surface area contributed by atoms with Crippen molar-refractivity contribution in [3.63, 3.8) is 0 Å². The van der Waals surface area contributed by atoms with E-state index in [1.54, 1.807) is 12.1 Å². The van der Waals surface area contributed by atoms with Gasteiger partial charge in [0, 0.05) is 21.7 Å². The molecular formula is C10H9BrO2S. The van der Waals surface area contributed by atoms with Crippen molar-refractivity contribution < 1.29 is 9.00 Å². The maximum atomic E-state index is 11.9. The minimum Gasteiger partial charge on any atom is -0.294 e. The van der Waals surface area contributed by atoms with Crippen molar-refractivity contribution in [2.24, 2.45) is 0 Å². The number of carbonyl (C=O) groups is 1. The Morgan fingerprint density at radius 2 is 2.21 bits per heavy atom. The second-order valence-electron chi connectivity index (χ2n) is 3.35. The van der Waals surface area contributed by atoms with Gasteiger partial charge in [0.25, 0.3) is 0 Å². The SMILES string of the molecule is CC1CC(=O)c2cccc(Br)c2S1=O. The fourth-order valence-corrected chi connectivity index (χ4v) is 3.79. The molecule has 0 radical (unpaired) electrons. The molecule has 0 aliphatic carbocycles. The molecule has 0 saturated heterocycles. The smallest absolute Gasteiger partial charge is 0.165 e. The number of carbonyl (C=O) groups excluding carboxylic acids is 1. The van der Waals surface area contributed by atoms with Gasteiger partial charge in [0.2, 0.25) is 0 Å². The summed E-state index contributed by atoms with van der Waals surface area (Å²) in [5.41, 5.74) is 0.607. The van der Waals surface area contributed by atoms with Crippen LogP contribution in [0.2, 0.25) is 0 Å². The molecule has 0 bridgehead atoms. The molecular weight excluding hydrogens is 264 g/mol. The van der Waals surface area contributed by atoms with Crippen molar-refractivity contribution in [2.75, 3.05) is 0 Å². The van der Waals surface area contributed by atoms with E-state index in [9.17, 15) is 9.00 Å². The van der Waals surface area contributed by atoms with Crippen molar-refractivity contribution in [1.82, 2.24) is 0 Å². The second kappa shape index (κ2) is 3.59. The standard InChI is InChI=1S/C10H9BrO2S/c1-6-5-9(12)7-3-2-4-8(11)10(7)14(6)13/h2-4,6H,5H2,1H3. The highest BCUT2D eigenvalue weighted by Gasteiger charge is 2.29. The van der Waals surface area contributed by atoms with Gasteiger partial charge in [0.05, 0.1) is 15.7 Å². The van der Waals surface area contributed by atoms with E-state index in [1.165, 1.54) is 0 Å². The average molecular weight is 273 g/mol. The van der Waals surface area contributed by atoms with E-state index >= 15 is 0 Å². The fourth-order valence-electron chi connectivity index (χ4n) is 1.58. The maximum Gasteiger partial charge on any atom is 0.165 e. The van der Waals surface area contributed by atoms with E-state index < -0.39 is 10.8 Å².